The zero-order valence-electron chi connectivity index (χ0n) is 13.6. The average Bonchev–Trinajstić information content (AvgIpc) is 2.42. The first-order valence-electron chi connectivity index (χ1n) is 7.52. The van der Waals surface area contributed by atoms with Gasteiger partial charge in [0, 0.05) is 5.69 Å². The van der Waals surface area contributed by atoms with Crippen LogP contribution in [0.4, 0.5) is 5.69 Å². The summed E-state index contributed by atoms with van der Waals surface area (Å²) in [7, 11) is 0. The fraction of sp³-hybridized carbons (Fsp3) is 0.263. The lowest BCUT2D eigenvalue weighted by atomic mass is 9.97. The van der Waals surface area contributed by atoms with Gasteiger partial charge in [-0.05, 0) is 55.2 Å². The minimum absolute atomic E-state index is 0.0557. The average molecular weight is 311 g/mol. The zero-order chi connectivity index (χ0) is 17.0. The van der Waals surface area contributed by atoms with E-state index in [2.05, 4.69) is 17.4 Å². The quantitative estimate of drug-likeness (QED) is 0.889. The standard InChI is InChI=1S/C19H21NO3/c1-12-7-13(2)17(14(3)8-12)11-18(21)20-16-6-4-5-15(9-16)10-19(22)23/h4-9H,10-11H2,1-3H3,(H,20,21)(H,22,23). The van der Waals surface area contributed by atoms with Crippen molar-refractivity contribution < 1.29 is 14.7 Å². The van der Waals surface area contributed by atoms with Gasteiger partial charge in [-0.2, -0.15) is 0 Å². The first-order chi connectivity index (χ1) is 10.8. The number of anilines is 1. The summed E-state index contributed by atoms with van der Waals surface area (Å²) < 4.78 is 0. The van der Waals surface area contributed by atoms with Crippen molar-refractivity contribution in [2.45, 2.75) is 33.6 Å². The molecule has 0 saturated carbocycles. The maximum absolute atomic E-state index is 12.3. The third kappa shape index (κ3) is 4.68. The van der Waals surface area contributed by atoms with Crippen molar-refractivity contribution in [3.8, 4) is 0 Å². The summed E-state index contributed by atoms with van der Waals surface area (Å²) in [6.45, 7) is 6.06. The highest BCUT2D eigenvalue weighted by Gasteiger charge is 2.10. The molecule has 0 aliphatic carbocycles. The molecule has 2 N–H and O–H groups in total. The van der Waals surface area contributed by atoms with Gasteiger partial charge in [0.15, 0.2) is 0 Å². The molecular weight excluding hydrogens is 290 g/mol. The molecule has 1 amide bonds. The molecule has 0 fully saturated rings. The number of aliphatic carboxylic acids is 1. The van der Waals surface area contributed by atoms with Crippen molar-refractivity contribution in [3.63, 3.8) is 0 Å². The van der Waals surface area contributed by atoms with Crippen LogP contribution >= 0.6 is 0 Å². The molecule has 23 heavy (non-hydrogen) atoms. The van der Waals surface area contributed by atoms with E-state index in [1.54, 1.807) is 24.3 Å². The predicted molar refractivity (Wildman–Crippen MR) is 90.8 cm³/mol. The lowest BCUT2D eigenvalue weighted by Crippen LogP contribution is -2.16. The van der Waals surface area contributed by atoms with Crippen LogP contribution < -0.4 is 5.32 Å². The Bertz CT molecular complexity index is 727. The highest BCUT2D eigenvalue weighted by Crippen LogP contribution is 2.18. The van der Waals surface area contributed by atoms with E-state index >= 15 is 0 Å². The number of benzene rings is 2. The lowest BCUT2D eigenvalue weighted by molar-refractivity contribution is -0.136. The van der Waals surface area contributed by atoms with Crippen LogP contribution in [-0.2, 0) is 22.4 Å². The number of carboxylic acids is 1. The molecular formula is C19H21NO3. The van der Waals surface area contributed by atoms with E-state index < -0.39 is 5.97 Å². The summed E-state index contributed by atoms with van der Waals surface area (Å²) in [4.78, 5) is 23.0. The molecule has 4 nitrogen and oxygen atoms in total. The molecule has 0 aliphatic rings. The summed E-state index contributed by atoms with van der Waals surface area (Å²) in [6.07, 6.45) is 0.251. The van der Waals surface area contributed by atoms with Gasteiger partial charge in [-0.3, -0.25) is 9.59 Å². The van der Waals surface area contributed by atoms with Gasteiger partial charge >= 0.3 is 5.97 Å². The molecule has 0 aliphatic heterocycles. The van der Waals surface area contributed by atoms with Gasteiger partial charge in [-0.1, -0.05) is 29.8 Å². The SMILES string of the molecule is Cc1cc(C)c(CC(=O)Nc2cccc(CC(=O)O)c2)c(C)c1. The second kappa shape index (κ2) is 7.09. The molecule has 2 aromatic rings. The first kappa shape index (κ1) is 16.7. The van der Waals surface area contributed by atoms with Crippen molar-refractivity contribution in [2.24, 2.45) is 0 Å². The third-order valence-electron chi connectivity index (χ3n) is 3.74. The van der Waals surface area contributed by atoms with Crippen LogP contribution in [-0.4, -0.2) is 17.0 Å². The highest BCUT2D eigenvalue weighted by atomic mass is 16.4. The number of carboxylic acid groups (broad SMARTS) is 1. The second-order valence-corrected chi connectivity index (χ2v) is 5.87. The first-order valence-corrected chi connectivity index (χ1v) is 7.52. The Morgan fingerprint density at radius 1 is 1.00 bits per heavy atom. The van der Waals surface area contributed by atoms with Crippen LogP contribution in [0.2, 0.25) is 0 Å². The second-order valence-electron chi connectivity index (χ2n) is 5.87. The Balaban J connectivity index is 2.10. The van der Waals surface area contributed by atoms with Gasteiger partial charge in [-0.15, -0.1) is 0 Å². The van der Waals surface area contributed by atoms with E-state index in [-0.39, 0.29) is 12.3 Å². The summed E-state index contributed by atoms with van der Waals surface area (Å²) in [5, 5.41) is 11.7. The van der Waals surface area contributed by atoms with E-state index in [1.165, 1.54) is 5.56 Å². The fourth-order valence-electron chi connectivity index (χ4n) is 2.79. The summed E-state index contributed by atoms with van der Waals surface area (Å²) in [5.74, 6) is -0.994. The van der Waals surface area contributed by atoms with Gasteiger partial charge in [0.1, 0.15) is 0 Å². The maximum atomic E-state index is 12.3. The van der Waals surface area contributed by atoms with Crippen LogP contribution in [0.15, 0.2) is 36.4 Å². The number of aryl methyl sites for hydroxylation is 3. The molecule has 0 atom stereocenters. The number of amides is 1. The minimum atomic E-state index is -0.889. The molecule has 0 unspecified atom stereocenters. The predicted octanol–water partition coefficient (Wildman–Crippen LogP) is 3.42. The molecule has 0 heterocycles. The third-order valence-corrected chi connectivity index (χ3v) is 3.74. The van der Waals surface area contributed by atoms with Crippen LogP contribution in [0.3, 0.4) is 0 Å². The van der Waals surface area contributed by atoms with Crippen molar-refractivity contribution in [2.75, 3.05) is 5.32 Å². The number of carbonyl (C=O) groups is 2. The molecule has 4 heteroatoms. The van der Waals surface area contributed by atoms with E-state index in [0.29, 0.717) is 17.7 Å². The molecule has 2 rings (SSSR count). The molecule has 0 spiro atoms. The van der Waals surface area contributed by atoms with Crippen molar-refractivity contribution in [1.29, 1.82) is 0 Å². The Morgan fingerprint density at radius 3 is 2.26 bits per heavy atom. The summed E-state index contributed by atoms with van der Waals surface area (Å²) in [5.41, 5.74) is 5.73. The van der Waals surface area contributed by atoms with Crippen LogP contribution in [0.5, 0.6) is 0 Å². The molecule has 0 aromatic heterocycles. The Morgan fingerprint density at radius 2 is 1.65 bits per heavy atom. The van der Waals surface area contributed by atoms with Gasteiger partial charge in [0.2, 0.25) is 5.91 Å². The number of nitrogens with one attached hydrogen (secondary N) is 1. The van der Waals surface area contributed by atoms with E-state index in [4.69, 9.17) is 5.11 Å². The molecule has 2 aromatic carbocycles. The van der Waals surface area contributed by atoms with Crippen LogP contribution in [0.1, 0.15) is 27.8 Å². The summed E-state index contributed by atoms with van der Waals surface area (Å²) >= 11 is 0. The molecule has 120 valence electrons. The van der Waals surface area contributed by atoms with Crippen molar-refractivity contribution >= 4 is 17.6 Å². The fourth-order valence-corrected chi connectivity index (χ4v) is 2.79. The van der Waals surface area contributed by atoms with Gasteiger partial charge < -0.3 is 10.4 Å². The smallest absolute Gasteiger partial charge is 0.307 e. The number of hydrogen-bond donors (Lipinski definition) is 2. The number of rotatable bonds is 5. The topological polar surface area (TPSA) is 66.4 Å². The van der Waals surface area contributed by atoms with E-state index in [9.17, 15) is 9.59 Å². The molecule has 0 saturated heterocycles. The Hall–Kier alpha value is -2.62. The maximum Gasteiger partial charge on any atom is 0.307 e. The zero-order valence-corrected chi connectivity index (χ0v) is 13.6. The number of carbonyl (C=O) groups excluding carboxylic acids is 1. The lowest BCUT2D eigenvalue weighted by Gasteiger charge is -2.12. The van der Waals surface area contributed by atoms with Gasteiger partial charge in [0.05, 0.1) is 12.8 Å². The van der Waals surface area contributed by atoms with E-state index in [1.807, 2.05) is 20.8 Å². The van der Waals surface area contributed by atoms with Crippen LogP contribution in [0.25, 0.3) is 0 Å². The normalized spacial score (nSPS) is 10.4. The molecule has 0 bridgehead atoms. The minimum Gasteiger partial charge on any atom is -0.481 e. The largest absolute Gasteiger partial charge is 0.481 e. The van der Waals surface area contributed by atoms with Crippen LogP contribution in [0, 0.1) is 20.8 Å². The molecule has 0 radical (unpaired) electrons. The Kier molecular flexibility index (Phi) is 5.16. The van der Waals surface area contributed by atoms with Gasteiger partial charge in [-0.25, -0.2) is 0 Å². The summed E-state index contributed by atoms with van der Waals surface area (Å²) in [6, 6.07) is 11.1. The number of hydrogen-bond acceptors (Lipinski definition) is 2. The highest BCUT2D eigenvalue weighted by molar-refractivity contribution is 5.92. The van der Waals surface area contributed by atoms with Gasteiger partial charge in [0.25, 0.3) is 0 Å². The van der Waals surface area contributed by atoms with Crippen molar-refractivity contribution in [3.05, 3.63) is 64.2 Å². The van der Waals surface area contributed by atoms with E-state index in [0.717, 1.165) is 16.7 Å². The van der Waals surface area contributed by atoms with Crippen molar-refractivity contribution in [1.82, 2.24) is 0 Å². The Labute approximate surface area is 136 Å². The monoisotopic (exact) mass is 311 g/mol.